The maximum Gasteiger partial charge on any atom is 0.372 e. The number of phenols is 1. The standard InChI is InChI=1S/C47H57IO7/c1-27(2)23-29(5)25-46(9,10)39-31(7)41(51)33-17-13-14-18-34(33)43(39)54-38(50)22-21-37(49)53-42-32(8)40(47(11,12)26-30(6)24-28(3)4)44(55-45(48)52)36-20-16-15-19-35(36)42/h13-20,25-28,51H,21-24H2,1-12H3/b29-25+,30-26+. The molecule has 0 radical (unpaired) electrons. The molecule has 0 aliphatic rings. The summed E-state index contributed by atoms with van der Waals surface area (Å²) >= 11 is 1.63. The summed E-state index contributed by atoms with van der Waals surface area (Å²) in [7, 11) is 0. The molecule has 0 amide bonds. The fraction of sp³-hybridized carbons (Fsp3) is 0.426. The van der Waals surface area contributed by atoms with Gasteiger partial charge >= 0.3 is 15.9 Å². The number of halogens is 1. The number of hydrogen-bond donors (Lipinski definition) is 1. The van der Waals surface area contributed by atoms with E-state index in [9.17, 15) is 19.5 Å². The summed E-state index contributed by atoms with van der Waals surface area (Å²) in [6, 6.07) is 14.7. The number of allylic oxidation sites excluding steroid dienone is 4. The SMILES string of the molecule is C/C(=C\C(C)(C)c1c(C)c(O)c2ccccc2c1OC(=O)CCC(=O)Oc1c(C)c(C(C)(C)/C=C(\C)CC(C)C)c(OC(=O)I)c2ccccc12)CC(C)C. The summed E-state index contributed by atoms with van der Waals surface area (Å²) in [5.74, 6) is 1.04. The Balaban J connectivity index is 1.71. The number of hydrogen-bond acceptors (Lipinski definition) is 7. The first-order valence-electron chi connectivity index (χ1n) is 19.1. The lowest BCUT2D eigenvalue weighted by molar-refractivity contribution is -0.140. The first kappa shape index (κ1) is 43.5. The first-order chi connectivity index (χ1) is 25.6. The van der Waals surface area contributed by atoms with Crippen LogP contribution in [0.15, 0.2) is 71.8 Å². The van der Waals surface area contributed by atoms with E-state index in [1.54, 1.807) is 28.7 Å². The van der Waals surface area contributed by atoms with E-state index in [1.807, 2.05) is 56.3 Å². The van der Waals surface area contributed by atoms with Gasteiger partial charge in [-0.15, -0.1) is 0 Å². The van der Waals surface area contributed by atoms with Gasteiger partial charge in [0.2, 0.25) is 0 Å². The van der Waals surface area contributed by atoms with E-state index in [2.05, 4.69) is 81.4 Å². The number of benzene rings is 4. The number of aromatic hydroxyl groups is 1. The van der Waals surface area contributed by atoms with Gasteiger partial charge in [-0.2, -0.15) is 0 Å². The molecule has 1 N–H and O–H groups in total. The molecule has 4 rings (SSSR count). The third kappa shape index (κ3) is 10.4. The maximum absolute atomic E-state index is 13.7. The number of rotatable bonds is 14. The van der Waals surface area contributed by atoms with Crippen molar-refractivity contribution < 1.29 is 33.7 Å². The van der Waals surface area contributed by atoms with Crippen molar-refractivity contribution in [3.8, 4) is 23.0 Å². The zero-order chi connectivity index (χ0) is 41.0. The van der Waals surface area contributed by atoms with E-state index in [1.165, 1.54) is 11.1 Å². The van der Waals surface area contributed by atoms with E-state index in [4.69, 9.17) is 14.2 Å². The van der Waals surface area contributed by atoms with Crippen LogP contribution in [0.1, 0.15) is 117 Å². The molecule has 0 aromatic heterocycles. The zero-order valence-corrected chi connectivity index (χ0v) is 36.7. The van der Waals surface area contributed by atoms with Crippen LogP contribution in [0.2, 0.25) is 0 Å². The molecule has 0 saturated carbocycles. The van der Waals surface area contributed by atoms with Gasteiger partial charge in [-0.05, 0) is 57.9 Å². The average Bonchev–Trinajstić information content (AvgIpc) is 3.06. The summed E-state index contributed by atoms with van der Waals surface area (Å²) in [5, 5.41) is 13.8. The monoisotopic (exact) mass is 860 g/mol. The minimum Gasteiger partial charge on any atom is -0.507 e. The van der Waals surface area contributed by atoms with Crippen LogP contribution in [0.5, 0.6) is 23.0 Å². The van der Waals surface area contributed by atoms with Crippen molar-refractivity contribution in [2.45, 2.75) is 120 Å². The summed E-state index contributed by atoms with van der Waals surface area (Å²) < 4.78 is 17.7. The molecule has 7 nitrogen and oxygen atoms in total. The molecule has 0 aliphatic carbocycles. The predicted molar refractivity (Wildman–Crippen MR) is 232 cm³/mol. The summed E-state index contributed by atoms with van der Waals surface area (Å²) in [6.45, 7) is 24.8. The first-order valence-corrected chi connectivity index (χ1v) is 20.2. The third-order valence-electron chi connectivity index (χ3n) is 9.85. The molecule has 55 heavy (non-hydrogen) atoms. The second-order valence-corrected chi connectivity index (χ2v) is 17.7. The third-order valence-corrected chi connectivity index (χ3v) is 10.1. The van der Waals surface area contributed by atoms with Gasteiger partial charge in [-0.1, -0.05) is 127 Å². The molecule has 0 unspecified atom stereocenters. The fourth-order valence-corrected chi connectivity index (χ4v) is 8.52. The highest BCUT2D eigenvalue weighted by atomic mass is 127. The molecule has 0 saturated heterocycles. The number of esters is 2. The predicted octanol–water partition coefficient (Wildman–Crippen LogP) is 13.1. The highest BCUT2D eigenvalue weighted by Gasteiger charge is 2.33. The Morgan fingerprint density at radius 1 is 0.636 bits per heavy atom. The molecule has 0 heterocycles. The number of phenolic OH excluding ortho intramolecular Hbond substituents is 1. The van der Waals surface area contributed by atoms with E-state index in [0.29, 0.717) is 67.3 Å². The molecule has 0 aliphatic heterocycles. The molecule has 0 spiro atoms. The highest BCUT2D eigenvalue weighted by Crippen LogP contribution is 2.48. The van der Waals surface area contributed by atoms with Gasteiger partial charge in [-0.25, -0.2) is 4.79 Å². The average molecular weight is 861 g/mol. The molecule has 0 atom stereocenters. The van der Waals surface area contributed by atoms with E-state index < -0.39 is 26.7 Å². The normalized spacial score (nSPS) is 12.9. The molecule has 0 bridgehead atoms. The summed E-state index contributed by atoms with van der Waals surface area (Å²) in [6.07, 6.45) is 5.71. The topological polar surface area (TPSA) is 99.1 Å². The van der Waals surface area contributed by atoms with Crippen molar-refractivity contribution in [3.05, 3.63) is 94.1 Å². The van der Waals surface area contributed by atoms with E-state index in [0.717, 1.165) is 18.4 Å². The Morgan fingerprint density at radius 2 is 1.00 bits per heavy atom. The van der Waals surface area contributed by atoms with Gasteiger partial charge in [0.1, 0.15) is 23.0 Å². The Morgan fingerprint density at radius 3 is 1.44 bits per heavy atom. The van der Waals surface area contributed by atoms with Crippen molar-refractivity contribution in [1.82, 2.24) is 0 Å². The van der Waals surface area contributed by atoms with Crippen molar-refractivity contribution in [2.75, 3.05) is 0 Å². The maximum atomic E-state index is 13.7. The Hall–Kier alpha value is -4.18. The molecule has 8 heteroatoms. The minimum absolute atomic E-state index is 0.145. The van der Waals surface area contributed by atoms with Crippen LogP contribution >= 0.6 is 22.6 Å². The Kier molecular flexibility index (Phi) is 14.0. The van der Waals surface area contributed by atoms with Crippen LogP contribution in [-0.4, -0.2) is 21.0 Å². The summed E-state index contributed by atoms with van der Waals surface area (Å²) in [4.78, 5) is 39.8. The van der Waals surface area contributed by atoms with Crippen molar-refractivity contribution in [3.63, 3.8) is 0 Å². The minimum atomic E-state index is -0.599. The lowest BCUT2D eigenvalue weighted by Crippen LogP contribution is -2.22. The summed E-state index contributed by atoms with van der Waals surface area (Å²) in [5.41, 5.74) is 3.95. The van der Waals surface area contributed by atoms with Crippen molar-refractivity contribution in [2.24, 2.45) is 11.8 Å². The van der Waals surface area contributed by atoms with Gasteiger partial charge in [0.25, 0.3) is 0 Å². The van der Waals surface area contributed by atoms with E-state index in [-0.39, 0.29) is 18.6 Å². The lowest BCUT2D eigenvalue weighted by Gasteiger charge is -2.29. The molecule has 4 aromatic carbocycles. The quantitative estimate of drug-likeness (QED) is 0.0443. The van der Waals surface area contributed by atoms with Crippen LogP contribution in [0.4, 0.5) is 4.79 Å². The van der Waals surface area contributed by atoms with Crippen LogP contribution in [0, 0.1) is 25.7 Å². The van der Waals surface area contributed by atoms with Crippen LogP contribution in [0.3, 0.4) is 0 Å². The van der Waals surface area contributed by atoms with Gasteiger partial charge in [0.05, 0.1) is 35.4 Å². The number of ether oxygens (including phenoxy) is 3. The van der Waals surface area contributed by atoms with Gasteiger partial charge in [-0.3, -0.25) is 9.59 Å². The number of carbonyl (C=O) groups excluding carboxylic acids is 3. The molecule has 4 aromatic rings. The largest absolute Gasteiger partial charge is 0.507 e. The van der Waals surface area contributed by atoms with Gasteiger partial charge in [0.15, 0.2) is 0 Å². The second kappa shape index (κ2) is 17.7. The zero-order valence-electron chi connectivity index (χ0n) is 34.5. The van der Waals surface area contributed by atoms with Crippen molar-refractivity contribution in [1.29, 1.82) is 0 Å². The van der Waals surface area contributed by atoms with Crippen LogP contribution in [0.25, 0.3) is 21.5 Å². The highest BCUT2D eigenvalue weighted by molar-refractivity contribution is 14.1. The smallest absolute Gasteiger partial charge is 0.372 e. The van der Waals surface area contributed by atoms with Crippen molar-refractivity contribution >= 4 is 60.1 Å². The van der Waals surface area contributed by atoms with Gasteiger partial charge < -0.3 is 19.3 Å². The van der Waals surface area contributed by atoms with Crippen LogP contribution in [-0.2, 0) is 20.4 Å². The Bertz CT molecular complexity index is 2170. The van der Waals surface area contributed by atoms with Crippen LogP contribution < -0.4 is 14.2 Å². The molecule has 294 valence electrons. The second-order valence-electron chi connectivity index (χ2n) is 16.8. The fourth-order valence-electron chi connectivity index (χ4n) is 8.30. The number of fused-ring (bicyclic) bond motifs is 2. The number of carbonyl (C=O) groups is 3. The lowest BCUT2D eigenvalue weighted by atomic mass is 9.77. The molecular formula is C47H57IO7. The Labute approximate surface area is 340 Å². The molecular weight excluding hydrogens is 803 g/mol. The van der Waals surface area contributed by atoms with E-state index >= 15 is 0 Å². The van der Waals surface area contributed by atoms with Gasteiger partial charge in [0, 0.05) is 49.1 Å². The molecule has 0 fully saturated rings.